The second-order valence-electron chi connectivity index (χ2n) is 4.72. The van der Waals surface area contributed by atoms with Crippen molar-refractivity contribution in [2.24, 2.45) is 0 Å². The largest absolute Gasteiger partial charge is 0.334 e. The van der Waals surface area contributed by atoms with E-state index in [1.54, 1.807) is 0 Å². The molecule has 2 rings (SSSR count). The zero-order chi connectivity index (χ0) is 14.0. The Hall–Kier alpha value is -1.82. The topological polar surface area (TPSA) is 74.8 Å². The van der Waals surface area contributed by atoms with E-state index in [9.17, 15) is 8.42 Å². The monoisotopic (exact) mass is 279 g/mol. The van der Waals surface area contributed by atoms with E-state index < -0.39 is 10.0 Å². The number of anilines is 1. The molecule has 0 saturated heterocycles. The second-order valence-corrected chi connectivity index (χ2v) is 6.37. The van der Waals surface area contributed by atoms with E-state index in [1.165, 1.54) is 12.5 Å². The van der Waals surface area contributed by atoms with Crippen LogP contribution >= 0.6 is 0 Å². The van der Waals surface area contributed by atoms with Crippen LogP contribution in [0.2, 0.25) is 0 Å². The van der Waals surface area contributed by atoms with Gasteiger partial charge < -0.3 is 4.98 Å². The zero-order valence-electron chi connectivity index (χ0n) is 11.1. The molecule has 5 nitrogen and oxygen atoms in total. The number of hydrogen-bond donors (Lipinski definition) is 2. The molecule has 0 aliphatic heterocycles. The van der Waals surface area contributed by atoms with E-state index in [4.69, 9.17) is 0 Å². The van der Waals surface area contributed by atoms with E-state index in [1.807, 2.05) is 39.0 Å². The number of sulfonamides is 1. The molecule has 0 amide bonds. The lowest BCUT2D eigenvalue weighted by Gasteiger charge is -2.16. The molecule has 0 spiro atoms. The summed E-state index contributed by atoms with van der Waals surface area (Å²) < 4.78 is 27.1. The highest BCUT2D eigenvalue weighted by Crippen LogP contribution is 2.29. The number of para-hydroxylation sites is 1. The van der Waals surface area contributed by atoms with Gasteiger partial charge in [-0.25, -0.2) is 4.98 Å². The van der Waals surface area contributed by atoms with Crippen molar-refractivity contribution in [1.82, 2.24) is 9.97 Å². The minimum Gasteiger partial charge on any atom is -0.334 e. The quantitative estimate of drug-likeness (QED) is 0.903. The Balaban J connectivity index is 2.45. The predicted octanol–water partition coefficient (Wildman–Crippen LogP) is 2.64. The molecule has 6 heteroatoms. The number of aromatic amines is 1. The van der Waals surface area contributed by atoms with Crippen molar-refractivity contribution in [3.05, 3.63) is 41.9 Å². The van der Waals surface area contributed by atoms with Crippen LogP contribution in [0.25, 0.3) is 0 Å². The molecule has 0 saturated carbocycles. The molecule has 0 atom stereocenters. The van der Waals surface area contributed by atoms with Crippen LogP contribution in [0, 0.1) is 6.92 Å². The van der Waals surface area contributed by atoms with Crippen molar-refractivity contribution in [3.8, 4) is 0 Å². The summed E-state index contributed by atoms with van der Waals surface area (Å²) in [5.74, 6) is 0.236. The van der Waals surface area contributed by atoms with Gasteiger partial charge in [-0.2, -0.15) is 8.42 Å². The summed E-state index contributed by atoms with van der Waals surface area (Å²) in [6, 6.07) is 5.75. The van der Waals surface area contributed by atoms with Crippen LogP contribution in [0.1, 0.15) is 30.9 Å². The molecule has 1 aromatic heterocycles. The third kappa shape index (κ3) is 2.78. The van der Waals surface area contributed by atoms with Crippen LogP contribution in [0.3, 0.4) is 0 Å². The summed E-state index contributed by atoms with van der Waals surface area (Å²) in [6.45, 7) is 5.95. The van der Waals surface area contributed by atoms with E-state index in [0.29, 0.717) is 5.69 Å². The molecule has 0 unspecified atom stereocenters. The third-order valence-electron chi connectivity index (χ3n) is 2.93. The second kappa shape index (κ2) is 5.05. The van der Waals surface area contributed by atoms with Gasteiger partial charge in [0.2, 0.25) is 0 Å². The van der Waals surface area contributed by atoms with Gasteiger partial charge in [-0.3, -0.25) is 4.72 Å². The Morgan fingerprint density at radius 2 is 2.05 bits per heavy atom. The fourth-order valence-corrected chi connectivity index (χ4v) is 2.96. The van der Waals surface area contributed by atoms with E-state index in [2.05, 4.69) is 14.7 Å². The lowest BCUT2D eigenvalue weighted by Crippen LogP contribution is -2.16. The van der Waals surface area contributed by atoms with Crippen molar-refractivity contribution in [3.63, 3.8) is 0 Å². The third-order valence-corrected chi connectivity index (χ3v) is 4.20. The lowest BCUT2D eigenvalue weighted by atomic mass is 9.99. The van der Waals surface area contributed by atoms with Gasteiger partial charge in [-0.1, -0.05) is 32.0 Å². The van der Waals surface area contributed by atoms with Crippen LogP contribution < -0.4 is 4.72 Å². The molecule has 2 N–H and O–H groups in total. The SMILES string of the molecule is Cc1cccc(C(C)C)c1NS(=O)(=O)c1cnc[nH]1. The van der Waals surface area contributed by atoms with Crippen LogP contribution in [0.4, 0.5) is 5.69 Å². The smallest absolute Gasteiger partial charge is 0.278 e. The lowest BCUT2D eigenvalue weighted by molar-refractivity contribution is 0.598. The van der Waals surface area contributed by atoms with Gasteiger partial charge in [-0.05, 0) is 24.0 Å². The number of imidazole rings is 1. The summed E-state index contributed by atoms with van der Waals surface area (Å²) in [5, 5.41) is 0.0606. The standard InChI is InChI=1S/C13H17N3O2S/c1-9(2)11-6-4-5-10(3)13(11)16-19(17,18)12-7-14-8-15-12/h4-9,16H,1-3H3,(H,14,15). The van der Waals surface area contributed by atoms with Crippen molar-refractivity contribution < 1.29 is 8.42 Å². The molecule has 1 aromatic carbocycles. The van der Waals surface area contributed by atoms with E-state index in [-0.39, 0.29) is 10.9 Å². The maximum Gasteiger partial charge on any atom is 0.278 e. The number of nitrogens with one attached hydrogen (secondary N) is 2. The van der Waals surface area contributed by atoms with Gasteiger partial charge >= 0.3 is 0 Å². The van der Waals surface area contributed by atoms with Gasteiger partial charge in [0.25, 0.3) is 10.0 Å². The minimum atomic E-state index is -3.62. The molecule has 0 radical (unpaired) electrons. The fourth-order valence-electron chi connectivity index (χ4n) is 1.89. The number of rotatable bonds is 4. The fraction of sp³-hybridized carbons (Fsp3) is 0.308. The number of aromatic nitrogens is 2. The summed E-state index contributed by atoms with van der Waals surface area (Å²) in [7, 11) is -3.62. The average molecular weight is 279 g/mol. The maximum atomic E-state index is 12.2. The Bertz CT molecular complexity index is 661. The number of benzene rings is 1. The molecular formula is C13H17N3O2S. The first-order valence-electron chi connectivity index (χ1n) is 6.02. The summed E-state index contributed by atoms with van der Waals surface area (Å²) in [6.07, 6.45) is 2.63. The highest BCUT2D eigenvalue weighted by molar-refractivity contribution is 7.92. The summed E-state index contributed by atoms with van der Waals surface area (Å²) >= 11 is 0. The number of nitrogens with zero attached hydrogens (tertiary/aromatic N) is 1. The average Bonchev–Trinajstić information content (AvgIpc) is 2.85. The van der Waals surface area contributed by atoms with Gasteiger partial charge in [0.1, 0.15) is 0 Å². The number of hydrogen-bond acceptors (Lipinski definition) is 3. The molecule has 19 heavy (non-hydrogen) atoms. The molecule has 0 aliphatic rings. The maximum absolute atomic E-state index is 12.2. The molecule has 0 aliphatic carbocycles. The normalized spacial score (nSPS) is 11.8. The van der Waals surface area contributed by atoms with Gasteiger partial charge in [0, 0.05) is 0 Å². The Morgan fingerprint density at radius 1 is 1.32 bits per heavy atom. The van der Waals surface area contributed by atoms with Crippen molar-refractivity contribution in [2.45, 2.75) is 31.7 Å². The number of aryl methyl sites for hydroxylation is 1. The van der Waals surface area contributed by atoms with Crippen molar-refractivity contribution >= 4 is 15.7 Å². The number of H-pyrrole nitrogens is 1. The van der Waals surface area contributed by atoms with Gasteiger partial charge in [0.15, 0.2) is 5.03 Å². The predicted molar refractivity (Wildman–Crippen MR) is 74.7 cm³/mol. The highest BCUT2D eigenvalue weighted by atomic mass is 32.2. The zero-order valence-corrected chi connectivity index (χ0v) is 12.0. The van der Waals surface area contributed by atoms with Crippen LogP contribution in [-0.2, 0) is 10.0 Å². The van der Waals surface area contributed by atoms with Crippen LogP contribution in [0.5, 0.6) is 0 Å². The summed E-state index contributed by atoms with van der Waals surface area (Å²) in [5.41, 5.74) is 2.52. The summed E-state index contributed by atoms with van der Waals surface area (Å²) in [4.78, 5) is 6.34. The van der Waals surface area contributed by atoms with Gasteiger partial charge in [-0.15, -0.1) is 0 Å². The molecule has 2 aromatic rings. The molecule has 0 bridgehead atoms. The Labute approximate surface area is 113 Å². The van der Waals surface area contributed by atoms with Crippen LogP contribution in [0.15, 0.2) is 35.7 Å². The Kier molecular flexibility index (Phi) is 3.61. The first-order valence-corrected chi connectivity index (χ1v) is 7.51. The molecule has 0 fully saturated rings. The van der Waals surface area contributed by atoms with Crippen molar-refractivity contribution in [1.29, 1.82) is 0 Å². The van der Waals surface area contributed by atoms with Crippen LogP contribution in [-0.4, -0.2) is 18.4 Å². The van der Waals surface area contributed by atoms with Gasteiger partial charge in [0.05, 0.1) is 18.2 Å². The van der Waals surface area contributed by atoms with E-state index >= 15 is 0 Å². The first-order chi connectivity index (χ1) is 8.92. The molecular weight excluding hydrogens is 262 g/mol. The molecule has 1 heterocycles. The van der Waals surface area contributed by atoms with Crippen molar-refractivity contribution in [2.75, 3.05) is 4.72 Å². The Morgan fingerprint density at radius 3 is 2.63 bits per heavy atom. The first kappa shape index (κ1) is 13.6. The highest BCUT2D eigenvalue weighted by Gasteiger charge is 2.19. The minimum absolute atomic E-state index is 0.0606. The van der Waals surface area contributed by atoms with E-state index in [0.717, 1.165) is 11.1 Å². The molecule has 102 valence electrons.